The maximum atomic E-state index is 11.1. The van der Waals surface area contributed by atoms with E-state index in [0.717, 1.165) is 12.8 Å². The summed E-state index contributed by atoms with van der Waals surface area (Å²) in [5, 5.41) is 3.06. The number of hydrogen-bond donors (Lipinski definition) is 1. The summed E-state index contributed by atoms with van der Waals surface area (Å²) in [4.78, 5) is 13.9. The normalized spacial score (nSPS) is 26.6. The van der Waals surface area contributed by atoms with Crippen molar-refractivity contribution in [2.75, 3.05) is 0 Å². The van der Waals surface area contributed by atoms with Gasteiger partial charge in [-0.2, -0.15) is 0 Å². The number of thiophene rings is 1. The van der Waals surface area contributed by atoms with Crippen molar-refractivity contribution < 1.29 is 4.79 Å². The molecule has 1 amide bonds. The molecule has 2 nitrogen and oxygen atoms in total. The van der Waals surface area contributed by atoms with Crippen molar-refractivity contribution in [2.45, 2.75) is 38.6 Å². The average Bonchev–Trinajstić information content (AvgIpc) is 2.60. The lowest BCUT2D eigenvalue weighted by atomic mass is 9.95. The molecule has 1 aromatic heterocycles. The highest BCUT2D eigenvalue weighted by atomic mass is 32.1. The Morgan fingerprint density at radius 1 is 1.57 bits per heavy atom. The van der Waals surface area contributed by atoms with Crippen LogP contribution < -0.4 is 5.32 Å². The van der Waals surface area contributed by atoms with Gasteiger partial charge in [0.1, 0.15) is 0 Å². The lowest BCUT2D eigenvalue weighted by Gasteiger charge is -2.22. The van der Waals surface area contributed by atoms with E-state index in [0.29, 0.717) is 6.42 Å². The molecule has 1 atom stereocenters. The summed E-state index contributed by atoms with van der Waals surface area (Å²) in [7, 11) is 0. The SMILES string of the molecule is Cc1ccc(CC2(C)CCC(=O)N2)s1. The molecule has 0 radical (unpaired) electrons. The maximum absolute atomic E-state index is 11.1. The number of carbonyl (C=O) groups is 1. The molecule has 0 aromatic carbocycles. The van der Waals surface area contributed by atoms with E-state index in [4.69, 9.17) is 0 Å². The third-order valence-corrected chi connectivity index (χ3v) is 3.71. The highest BCUT2D eigenvalue weighted by Gasteiger charge is 2.33. The van der Waals surface area contributed by atoms with Gasteiger partial charge < -0.3 is 5.32 Å². The van der Waals surface area contributed by atoms with Crippen LogP contribution in [-0.2, 0) is 11.2 Å². The smallest absolute Gasteiger partial charge is 0.220 e. The zero-order valence-corrected chi connectivity index (χ0v) is 9.41. The van der Waals surface area contributed by atoms with E-state index in [1.165, 1.54) is 9.75 Å². The summed E-state index contributed by atoms with van der Waals surface area (Å²) < 4.78 is 0. The molecule has 0 aliphatic carbocycles. The van der Waals surface area contributed by atoms with Crippen molar-refractivity contribution in [3.8, 4) is 0 Å². The van der Waals surface area contributed by atoms with Gasteiger partial charge in [0.2, 0.25) is 5.91 Å². The van der Waals surface area contributed by atoms with Gasteiger partial charge in [-0.25, -0.2) is 0 Å². The molecule has 1 saturated heterocycles. The second kappa shape index (κ2) is 3.39. The molecule has 2 rings (SSSR count). The zero-order chi connectivity index (χ0) is 10.2. The Morgan fingerprint density at radius 2 is 2.36 bits per heavy atom. The minimum absolute atomic E-state index is 0.00558. The summed E-state index contributed by atoms with van der Waals surface area (Å²) in [5.41, 5.74) is -0.00558. The molecule has 76 valence electrons. The Bertz CT molecular complexity index is 358. The van der Waals surface area contributed by atoms with Crippen molar-refractivity contribution in [1.29, 1.82) is 0 Å². The molecular weight excluding hydrogens is 194 g/mol. The molecule has 1 N–H and O–H groups in total. The largest absolute Gasteiger partial charge is 0.351 e. The number of carbonyl (C=O) groups excluding carboxylic acids is 1. The summed E-state index contributed by atoms with van der Waals surface area (Å²) in [6.45, 7) is 4.25. The highest BCUT2D eigenvalue weighted by Crippen LogP contribution is 2.27. The van der Waals surface area contributed by atoms with Crippen molar-refractivity contribution in [3.63, 3.8) is 0 Å². The number of nitrogens with one attached hydrogen (secondary N) is 1. The first-order chi connectivity index (χ1) is 6.57. The molecule has 3 heteroatoms. The number of rotatable bonds is 2. The summed E-state index contributed by atoms with van der Waals surface area (Å²) in [6.07, 6.45) is 2.61. The molecule has 2 heterocycles. The predicted octanol–water partition coefficient (Wildman–Crippen LogP) is 2.27. The molecule has 1 aromatic rings. The van der Waals surface area contributed by atoms with Gasteiger partial charge in [-0.05, 0) is 32.4 Å². The fourth-order valence-electron chi connectivity index (χ4n) is 1.95. The van der Waals surface area contributed by atoms with Crippen LogP contribution in [-0.4, -0.2) is 11.4 Å². The van der Waals surface area contributed by atoms with E-state index in [-0.39, 0.29) is 11.4 Å². The van der Waals surface area contributed by atoms with Gasteiger partial charge in [-0.1, -0.05) is 0 Å². The Labute approximate surface area is 88.3 Å². The minimum Gasteiger partial charge on any atom is -0.351 e. The maximum Gasteiger partial charge on any atom is 0.220 e. The van der Waals surface area contributed by atoms with Crippen molar-refractivity contribution in [2.24, 2.45) is 0 Å². The first-order valence-electron chi connectivity index (χ1n) is 4.94. The highest BCUT2D eigenvalue weighted by molar-refractivity contribution is 7.11. The average molecular weight is 209 g/mol. The third kappa shape index (κ3) is 1.98. The van der Waals surface area contributed by atoms with Gasteiger partial charge in [0, 0.05) is 28.1 Å². The number of amides is 1. The van der Waals surface area contributed by atoms with Gasteiger partial charge in [-0.3, -0.25) is 4.79 Å². The van der Waals surface area contributed by atoms with Crippen molar-refractivity contribution in [3.05, 3.63) is 21.9 Å². The second-order valence-electron chi connectivity index (χ2n) is 4.30. The molecular formula is C11H15NOS. The lowest BCUT2D eigenvalue weighted by molar-refractivity contribution is -0.119. The van der Waals surface area contributed by atoms with Crippen LogP contribution in [0.2, 0.25) is 0 Å². The van der Waals surface area contributed by atoms with E-state index < -0.39 is 0 Å². The molecule has 1 fully saturated rings. The Kier molecular flexibility index (Phi) is 2.35. The fraction of sp³-hybridized carbons (Fsp3) is 0.545. The van der Waals surface area contributed by atoms with Gasteiger partial charge in [0.05, 0.1) is 0 Å². The standard InChI is InChI=1S/C11H15NOS/c1-8-3-4-9(14-8)7-11(2)6-5-10(13)12-11/h3-4H,5-7H2,1-2H3,(H,12,13). The van der Waals surface area contributed by atoms with Crippen LogP contribution in [0.3, 0.4) is 0 Å². The quantitative estimate of drug-likeness (QED) is 0.795. The van der Waals surface area contributed by atoms with E-state index in [2.05, 4.69) is 31.3 Å². The van der Waals surface area contributed by atoms with E-state index in [1.807, 2.05) is 11.3 Å². The zero-order valence-electron chi connectivity index (χ0n) is 8.59. The fourth-order valence-corrected chi connectivity index (χ4v) is 3.02. The monoisotopic (exact) mass is 209 g/mol. The third-order valence-electron chi connectivity index (χ3n) is 2.71. The summed E-state index contributed by atoms with van der Waals surface area (Å²) in [5.74, 6) is 0.195. The Morgan fingerprint density at radius 3 is 2.86 bits per heavy atom. The Balaban J connectivity index is 2.07. The van der Waals surface area contributed by atoms with Crippen LogP contribution in [0.25, 0.3) is 0 Å². The van der Waals surface area contributed by atoms with Crippen LogP contribution in [0.1, 0.15) is 29.5 Å². The number of hydrogen-bond acceptors (Lipinski definition) is 2. The van der Waals surface area contributed by atoms with E-state index in [9.17, 15) is 4.79 Å². The molecule has 1 unspecified atom stereocenters. The van der Waals surface area contributed by atoms with Gasteiger partial charge in [0.15, 0.2) is 0 Å². The molecule has 0 bridgehead atoms. The molecule has 0 spiro atoms. The van der Waals surface area contributed by atoms with Crippen LogP contribution in [0, 0.1) is 6.92 Å². The number of aryl methyl sites for hydroxylation is 1. The molecule has 1 aliphatic heterocycles. The summed E-state index contributed by atoms with van der Waals surface area (Å²) >= 11 is 1.82. The Hall–Kier alpha value is -0.830. The first kappa shape index (κ1) is 9.71. The molecule has 0 saturated carbocycles. The minimum atomic E-state index is -0.00558. The van der Waals surface area contributed by atoms with Crippen LogP contribution in [0.4, 0.5) is 0 Å². The molecule has 14 heavy (non-hydrogen) atoms. The predicted molar refractivity (Wildman–Crippen MR) is 58.5 cm³/mol. The first-order valence-corrected chi connectivity index (χ1v) is 5.75. The topological polar surface area (TPSA) is 29.1 Å². The van der Waals surface area contributed by atoms with E-state index >= 15 is 0 Å². The summed E-state index contributed by atoms with van der Waals surface area (Å²) in [6, 6.07) is 4.30. The van der Waals surface area contributed by atoms with Crippen molar-refractivity contribution in [1.82, 2.24) is 5.32 Å². The molecule has 1 aliphatic rings. The van der Waals surface area contributed by atoms with Crippen molar-refractivity contribution >= 4 is 17.2 Å². The van der Waals surface area contributed by atoms with Crippen LogP contribution >= 0.6 is 11.3 Å². The van der Waals surface area contributed by atoms with Crippen LogP contribution in [0.15, 0.2) is 12.1 Å². The van der Waals surface area contributed by atoms with Gasteiger partial charge >= 0.3 is 0 Å². The van der Waals surface area contributed by atoms with Crippen LogP contribution in [0.5, 0.6) is 0 Å². The van der Waals surface area contributed by atoms with Gasteiger partial charge in [0.25, 0.3) is 0 Å². The second-order valence-corrected chi connectivity index (χ2v) is 5.67. The van der Waals surface area contributed by atoms with Gasteiger partial charge in [-0.15, -0.1) is 11.3 Å². The van der Waals surface area contributed by atoms with E-state index in [1.54, 1.807) is 0 Å². The lowest BCUT2D eigenvalue weighted by Crippen LogP contribution is -2.40.